The highest BCUT2D eigenvalue weighted by molar-refractivity contribution is 9.09. The minimum Gasteiger partial charge on any atom is -0.379 e. The summed E-state index contributed by atoms with van der Waals surface area (Å²) in [6.45, 7) is 2.66. The molecule has 0 spiro atoms. The molecule has 0 N–H and O–H groups in total. The predicted octanol–water partition coefficient (Wildman–Crippen LogP) is 4.70. The van der Waals surface area contributed by atoms with Gasteiger partial charge < -0.3 is 9.47 Å². The number of ether oxygens (including phenoxy) is 2. The van der Waals surface area contributed by atoms with E-state index in [2.05, 4.69) is 15.9 Å². The van der Waals surface area contributed by atoms with Gasteiger partial charge in [0, 0.05) is 18.5 Å². The molecule has 0 saturated carbocycles. The molecule has 108 valence electrons. The summed E-state index contributed by atoms with van der Waals surface area (Å²) in [7, 11) is 0. The summed E-state index contributed by atoms with van der Waals surface area (Å²) in [4.78, 5) is 0. The summed E-state index contributed by atoms with van der Waals surface area (Å²) in [6, 6.07) is 0. The average molecular weight is 321 g/mol. The molecule has 2 nitrogen and oxygen atoms in total. The van der Waals surface area contributed by atoms with Crippen molar-refractivity contribution < 1.29 is 9.47 Å². The van der Waals surface area contributed by atoms with Crippen molar-refractivity contribution in [3.63, 3.8) is 0 Å². The zero-order valence-corrected chi connectivity index (χ0v) is 13.3. The smallest absolute Gasteiger partial charge is 0.0808 e. The Labute approximate surface area is 121 Å². The topological polar surface area (TPSA) is 18.5 Å². The Hall–Kier alpha value is 0.400. The van der Waals surface area contributed by atoms with Crippen molar-refractivity contribution in [3.05, 3.63) is 0 Å². The monoisotopic (exact) mass is 320 g/mol. The molecule has 1 unspecified atom stereocenters. The van der Waals surface area contributed by atoms with Gasteiger partial charge in [-0.25, -0.2) is 0 Å². The zero-order valence-electron chi connectivity index (χ0n) is 11.7. The molecule has 1 aliphatic rings. The number of rotatable bonds is 11. The van der Waals surface area contributed by atoms with Gasteiger partial charge in [0.25, 0.3) is 0 Å². The van der Waals surface area contributed by atoms with Gasteiger partial charge in [-0.15, -0.1) is 0 Å². The Bertz CT molecular complexity index is 170. The molecular weight excluding hydrogens is 292 g/mol. The van der Waals surface area contributed by atoms with E-state index in [-0.39, 0.29) is 0 Å². The Morgan fingerprint density at radius 2 is 1.67 bits per heavy atom. The summed E-state index contributed by atoms with van der Waals surface area (Å²) in [5.74, 6) is 0. The van der Waals surface area contributed by atoms with Gasteiger partial charge in [-0.1, -0.05) is 48.0 Å². The van der Waals surface area contributed by atoms with Crippen LogP contribution in [-0.4, -0.2) is 31.3 Å². The standard InChI is InChI=1S/C15H29BrO2/c16-11-7-4-2-1-3-5-8-12-17-14-15-10-6-9-13-18-15/h15H,1-14H2. The molecular formula is C15H29BrO2. The van der Waals surface area contributed by atoms with Gasteiger partial charge in [0.1, 0.15) is 0 Å². The second-order valence-corrected chi connectivity index (χ2v) is 6.02. The van der Waals surface area contributed by atoms with Gasteiger partial charge in [-0.2, -0.15) is 0 Å². The molecule has 3 heteroatoms. The molecule has 1 atom stereocenters. The first-order chi connectivity index (χ1) is 8.93. The van der Waals surface area contributed by atoms with E-state index in [9.17, 15) is 0 Å². The Balaban J connectivity index is 1.73. The van der Waals surface area contributed by atoms with E-state index >= 15 is 0 Å². The quantitative estimate of drug-likeness (QED) is 0.406. The van der Waals surface area contributed by atoms with Crippen molar-refractivity contribution in [1.82, 2.24) is 0 Å². The minimum absolute atomic E-state index is 0.378. The Morgan fingerprint density at radius 1 is 0.944 bits per heavy atom. The third-order valence-corrected chi connectivity index (χ3v) is 4.06. The summed E-state index contributed by atoms with van der Waals surface area (Å²) >= 11 is 3.47. The molecule has 0 aromatic carbocycles. The third-order valence-electron chi connectivity index (χ3n) is 3.50. The molecule has 0 aromatic rings. The molecule has 0 aliphatic carbocycles. The lowest BCUT2D eigenvalue weighted by atomic mass is 10.1. The fourth-order valence-corrected chi connectivity index (χ4v) is 2.73. The number of hydrogen-bond donors (Lipinski definition) is 0. The van der Waals surface area contributed by atoms with Gasteiger partial charge >= 0.3 is 0 Å². The predicted molar refractivity (Wildman–Crippen MR) is 80.5 cm³/mol. The van der Waals surface area contributed by atoms with Crippen LogP contribution < -0.4 is 0 Å². The Kier molecular flexibility index (Phi) is 11.4. The average Bonchev–Trinajstić information content (AvgIpc) is 2.42. The van der Waals surface area contributed by atoms with Crippen molar-refractivity contribution >= 4 is 15.9 Å². The number of alkyl halides is 1. The van der Waals surface area contributed by atoms with E-state index in [4.69, 9.17) is 9.47 Å². The molecule has 1 rings (SSSR count). The number of halogens is 1. The van der Waals surface area contributed by atoms with E-state index < -0.39 is 0 Å². The fourth-order valence-electron chi connectivity index (χ4n) is 2.34. The van der Waals surface area contributed by atoms with Crippen LogP contribution >= 0.6 is 15.9 Å². The van der Waals surface area contributed by atoms with E-state index in [0.717, 1.165) is 25.2 Å². The molecule has 1 fully saturated rings. The highest BCUT2D eigenvalue weighted by Gasteiger charge is 2.13. The highest BCUT2D eigenvalue weighted by atomic mass is 79.9. The van der Waals surface area contributed by atoms with Crippen LogP contribution in [-0.2, 0) is 9.47 Å². The number of unbranched alkanes of at least 4 members (excludes halogenated alkanes) is 6. The lowest BCUT2D eigenvalue weighted by Gasteiger charge is -2.22. The Morgan fingerprint density at radius 3 is 2.33 bits per heavy atom. The highest BCUT2D eigenvalue weighted by Crippen LogP contribution is 2.13. The van der Waals surface area contributed by atoms with Crippen LogP contribution in [0.25, 0.3) is 0 Å². The van der Waals surface area contributed by atoms with E-state index in [1.165, 1.54) is 64.2 Å². The second-order valence-electron chi connectivity index (χ2n) is 5.23. The molecule has 18 heavy (non-hydrogen) atoms. The van der Waals surface area contributed by atoms with Crippen LogP contribution in [0.4, 0.5) is 0 Å². The molecule has 1 aliphatic heterocycles. The summed E-state index contributed by atoms with van der Waals surface area (Å²) < 4.78 is 11.3. The maximum atomic E-state index is 5.69. The van der Waals surface area contributed by atoms with Crippen molar-refractivity contribution in [1.29, 1.82) is 0 Å². The van der Waals surface area contributed by atoms with Crippen LogP contribution in [0.5, 0.6) is 0 Å². The van der Waals surface area contributed by atoms with Crippen molar-refractivity contribution in [2.45, 2.75) is 70.3 Å². The van der Waals surface area contributed by atoms with Crippen molar-refractivity contribution in [2.24, 2.45) is 0 Å². The van der Waals surface area contributed by atoms with E-state index in [1.54, 1.807) is 0 Å². The van der Waals surface area contributed by atoms with Crippen LogP contribution in [0.3, 0.4) is 0 Å². The van der Waals surface area contributed by atoms with E-state index in [1.807, 2.05) is 0 Å². The molecule has 0 amide bonds. The van der Waals surface area contributed by atoms with Crippen LogP contribution in [0.15, 0.2) is 0 Å². The third kappa shape index (κ3) is 9.35. The van der Waals surface area contributed by atoms with Gasteiger partial charge in [0.05, 0.1) is 12.7 Å². The fraction of sp³-hybridized carbons (Fsp3) is 1.00. The van der Waals surface area contributed by atoms with Gasteiger partial charge in [0.15, 0.2) is 0 Å². The maximum Gasteiger partial charge on any atom is 0.0808 e. The van der Waals surface area contributed by atoms with Gasteiger partial charge in [-0.3, -0.25) is 0 Å². The lowest BCUT2D eigenvalue weighted by molar-refractivity contribution is -0.0411. The van der Waals surface area contributed by atoms with Gasteiger partial charge in [0.2, 0.25) is 0 Å². The zero-order chi connectivity index (χ0) is 12.9. The molecule has 0 radical (unpaired) electrons. The summed E-state index contributed by atoms with van der Waals surface area (Å²) in [5.41, 5.74) is 0. The van der Waals surface area contributed by atoms with Crippen LogP contribution in [0.1, 0.15) is 64.2 Å². The summed E-state index contributed by atoms with van der Waals surface area (Å²) in [6.07, 6.45) is 13.5. The first-order valence-electron chi connectivity index (χ1n) is 7.69. The number of hydrogen-bond acceptors (Lipinski definition) is 2. The van der Waals surface area contributed by atoms with Crippen molar-refractivity contribution in [3.8, 4) is 0 Å². The molecule has 1 saturated heterocycles. The maximum absolute atomic E-state index is 5.69. The molecule has 1 heterocycles. The van der Waals surface area contributed by atoms with Crippen LogP contribution in [0, 0.1) is 0 Å². The second kappa shape index (κ2) is 12.4. The summed E-state index contributed by atoms with van der Waals surface area (Å²) in [5, 5.41) is 1.16. The lowest BCUT2D eigenvalue weighted by Crippen LogP contribution is -2.24. The molecule has 0 aromatic heterocycles. The van der Waals surface area contributed by atoms with Gasteiger partial charge in [-0.05, 0) is 32.1 Å². The first kappa shape index (κ1) is 16.5. The normalized spacial score (nSPS) is 20.2. The van der Waals surface area contributed by atoms with Crippen LogP contribution in [0.2, 0.25) is 0 Å². The molecule has 0 bridgehead atoms. The first-order valence-corrected chi connectivity index (χ1v) is 8.81. The SMILES string of the molecule is BrCCCCCCCCCOCC1CCCCO1. The largest absolute Gasteiger partial charge is 0.379 e. The van der Waals surface area contributed by atoms with Crippen molar-refractivity contribution in [2.75, 3.05) is 25.2 Å². The minimum atomic E-state index is 0.378. The van der Waals surface area contributed by atoms with E-state index in [0.29, 0.717) is 6.10 Å².